The summed E-state index contributed by atoms with van der Waals surface area (Å²) in [6.07, 6.45) is 3.83. The van der Waals surface area contributed by atoms with E-state index in [1.54, 1.807) is 4.90 Å². The SMILES string of the molecule is O=C(Cc1c(F)cccc1F)N(CCCl)C1CCCC1. The van der Waals surface area contributed by atoms with Crippen LogP contribution in [-0.4, -0.2) is 29.3 Å². The Morgan fingerprint density at radius 3 is 2.40 bits per heavy atom. The fourth-order valence-electron chi connectivity index (χ4n) is 2.77. The third kappa shape index (κ3) is 3.48. The average molecular weight is 302 g/mol. The Morgan fingerprint density at radius 2 is 1.85 bits per heavy atom. The average Bonchev–Trinajstić information content (AvgIpc) is 2.94. The highest BCUT2D eigenvalue weighted by atomic mass is 35.5. The van der Waals surface area contributed by atoms with Crippen LogP contribution in [0, 0.1) is 11.6 Å². The highest BCUT2D eigenvalue weighted by Gasteiger charge is 2.27. The third-order valence-electron chi connectivity index (χ3n) is 3.80. The summed E-state index contributed by atoms with van der Waals surface area (Å²) in [5.74, 6) is -1.25. The maximum atomic E-state index is 13.6. The van der Waals surface area contributed by atoms with Gasteiger partial charge in [0, 0.05) is 24.0 Å². The zero-order valence-corrected chi connectivity index (χ0v) is 12.0. The molecule has 5 heteroatoms. The Hall–Kier alpha value is -1.16. The van der Waals surface area contributed by atoms with E-state index in [9.17, 15) is 13.6 Å². The second-order valence-corrected chi connectivity index (χ2v) is 5.47. The van der Waals surface area contributed by atoms with Gasteiger partial charge in [0.25, 0.3) is 0 Å². The molecule has 0 atom stereocenters. The number of carbonyl (C=O) groups excluding carboxylic acids is 1. The molecule has 1 aromatic rings. The van der Waals surface area contributed by atoms with E-state index < -0.39 is 11.6 Å². The largest absolute Gasteiger partial charge is 0.338 e. The van der Waals surface area contributed by atoms with Crippen molar-refractivity contribution in [3.05, 3.63) is 35.4 Å². The van der Waals surface area contributed by atoms with Crippen molar-refractivity contribution in [3.8, 4) is 0 Å². The molecule has 1 saturated carbocycles. The summed E-state index contributed by atoms with van der Waals surface area (Å²) in [6, 6.07) is 3.81. The molecule has 0 N–H and O–H groups in total. The van der Waals surface area contributed by atoms with Crippen LogP contribution in [0.2, 0.25) is 0 Å². The summed E-state index contributed by atoms with van der Waals surface area (Å²) >= 11 is 5.74. The Labute approximate surface area is 122 Å². The van der Waals surface area contributed by atoms with Gasteiger partial charge in [-0.1, -0.05) is 18.9 Å². The monoisotopic (exact) mass is 301 g/mol. The van der Waals surface area contributed by atoms with Gasteiger partial charge in [0.1, 0.15) is 11.6 Å². The number of nitrogens with zero attached hydrogens (tertiary/aromatic N) is 1. The molecule has 0 spiro atoms. The first-order valence-electron chi connectivity index (χ1n) is 6.92. The molecule has 1 aliphatic carbocycles. The molecule has 0 aromatic heterocycles. The molecule has 0 saturated heterocycles. The summed E-state index contributed by atoms with van der Waals surface area (Å²) in [4.78, 5) is 14.0. The van der Waals surface area contributed by atoms with Crippen molar-refractivity contribution in [3.63, 3.8) is 0 Å². The third-order valence-corrected chi connectivity index (χ3v) is 3.97. The van der Waals surface area contributed by atoms with Gasteiger partial charge in [0.05, 0.1) is 6.42 Å². The van der Waals surface area contributed by atoms with Crippen molar-refractivity contribution in [1.82, 2.24) is 4.90 Å². The topological polar surface area (TPSA) is 20.3 Å². The Balaban J connectivity index is 2.11. The molecule has 0 radical (unpaired) electrons. The van der Waals surface area contributed by atoms with E-state index in [1.807, 2.05) is 0 Å². The van der Waals surface area contributed by atoms with E-state index in [0.717, 1.165) is 25.7 Å². The lowest BCUT2D eigenvalue weighted by molar-refractivity contribution is -0.132. The van der Waals surface area contributed by atoms with Gasteiger partial charge in [-0.2, -0.15) is 0 Å². The number of halogens is 3. The lowest BCUT2D eigenvalue weighted by Gasteiger charge is -2.28. The fraction of sp³-hybridized carbons (Fsp3) is 0.533. The van der Waals surface area contributed by atoms with Crippen molar-refractivity contribution in [2.24, 2.45) is 0 Å². The highest BCUT2D eigenvalue weighted by molar-refractivity contribution is 6.18. The zero-order chi connectivity index (χ0) is 14.5. The van der Waals surface area contributed by atoms with E-state index in [0.29, 0.717) is 12.4 Å². The maximum Gasteiger partial charge on any atom is 0.227 e. The smallest absolute Gasteiger partial charge is 0.227 e. The van der Waals surface area contributed by atoms with Crippen molar-refractivity contribution < 1.29 is 13.6 Å². The molecule has 1 amide bonds. The number of rotatable bonds is 5. The summed E-state index contributed by atoms with van der Waals surface area (Å²) in [5, 5.41) is 0. The van der Waals surface area contributed by atoms with E-state index >= 15 is 0 Å². The molecule has 0 heterocycles. The lowest BCUT2D eigenvalue weighted by Crippen LogP contribution is -2.41. The van der Waals surface area contributed by atoms with E-state index in [2.05, 4.69) is 0 Å². The standard InChI is InChI=1S/C15H18ClF2NO/c16-8-9-19(11-4-1-2-5-11)15(20)10-12-13(17)6-3-7-14(12)18/h3,6-7,11H,1-2,4-5,8-10H2. The van der Waals surface area contributed by atoms with Crippen LogP contribution in [0.4, 0.5) is 8.78 Å². The molecule has 2 nitrogen and oxygen atoms in total. The molecule has 1 aliphatic rings. The van der Waals surface area contributed by atoms with Gasteiger partial charge >= 0.3 is 0 Å². The van der Waals surface area contributed by atoms with Crippen LogP contribution in [0.15, 0.2) is 18.2 Å². The number of hydrogen-bond donors (Lipinski definition) is 0. The summed E-state index contributed by atoms with van der Waals surface area (Å²) < 4.78 is 27.2. The van der Waals surface area contributed by atoms with Crippen LogP contribution in [0.3, 0.4) is 0 Å². The molecule has 2 rings (SSSR count). The molecule has 0 bridgehead atoms. The number of amides is 1. The maximum absolute atomic E-state index is 13.6. The zero-order valence-electron chi connectivity index (χ0n) is 11.2. The Bertz CT molecular complexity index is 455. The number of hydrogen-bond acceptors (Lipinski definition) is 1. The quantitative estimate of drug-likeness (QED) is 0.762. The van der Waals surface area contributed by atoms with Crippen LogP contribution in [-0.2, 0) is 11.2 Å². The summed E-state index contributed by atoms with van der Waals surface area (Å²) in [7, 11) is 0. The summed E-state index contributed by atoms with van der Waals surface area (Å²) in [6.45, 7) is 0.432. The highest BCUT2D eigenvalue weighted by Crippen LogP contribution is 2.24. The van der Waals surface area contributed by atoms with Crippen molar-refractivity contribution in [2.45, 2.75) is 38.1 Å². The van der Waals surface area contributed by atoms with Crippen molar-refractivity contribution in [2.75, 3.05) is 12.4 Å². The Kier molecular flexibility index (Phi) is 5.35. The van der Waals surface area contributed by atoms with E-state index in [-0.39, 0.29) is 23.9 Å². The van der Waals surface area contributed by atoms with Gasteiger partial charge in [-0.05, 0) is 25.0 Å². The van der Waals surface area contributed by atoms with Gasteiger partial charge in [-0.15, -0.1) is 11.6 Å². The molecule has 0 unspecified atom stereocenters. The van der Waals surface area contributed by atoms with Gasteiger partial charge in [-0.25, -0.2) is 8.78 Å². The van der Waals surface area contributed by atoms with Gasteiger partial charge in [-0.3, -0.25) is 4.79 Å². The number of carbonyl (C=O) groups is 1. The van der Waals surface area contributed by atoms with Crippen LogP contribution >= 0.6 is 11.6 Å². The molecule has 0 aliphatic heterocycles. The fourth-order valence-corrected chi connectivity index (χ4v) is 2.95. The van der Waals surface area contributed by atoms with Crippen LogP contribution in [0.25, 0.3) is 0 Å². The van der Waals surface area contributed by atoms with Gasteiger partial charge in [0.15, 0.2) is 0 Å². The first-order valence-corrected chi connectivity index (χ1v) is 7.45. The van der Waals surface area contributed by atoms with Crippen LogP contribution < -0.4 is 0 Å². The minimum absolute atomic E-state index is 0.157. The van der Waals surface area contributed by atoms with Crippen molar-refractivity contribution >= 4 is 17.5 Å². The lowest BCUT2D eigenvalue weighted by atomic mass is 10.1. The minimum atomic E-state index is -0.671. The van der Waals surface area contributed by atoms with Crippen LogP contribution in [0.5, 0.6) is 0 Å². The van der Waals surface area contributed by atoms with Crippen molar-refractivity contribution in [1.29, 1.82) is 0 Å². The molecule has 1 fully saturated rings. The van der Waals surface area contributed by atoms with Gasteiger partial charge < -0.3 is 4.90 Å². The summed E-state index contributed by atoms with van der Waals surface area (Å²) in [5.41, 5.74) is -0.157. The normalized spacial score (nSPS) is 15.6. The molecule has 20 heavy (non-hydrogen) atoms. The number of alkyl halides is 1. The number of benzene rings is 1. The second kappa shape index (κ2) is 7.02. The first kappa shape index (κ1) is 15.2. The van der Waals surface area contributed by atoms with Crippen LogP contribution in [0.1, 0.15) is 31.2 Å². The molecular formula is C15H18ClF2NO. The first-order chi connectivity index (χ1) is 9.63. The molecular weight excluding hydrogens is 284 g/mol. The predicted octanol–water partition coefficient (Wildman–Crippen LogP) is 3.52. The molecule has 110 valence electrons. The predicted molar refractivity (Wildman–Crippen MR) is 74.8 cm³/mol. The minimum Gasteiger partial charge on any atom is -0.338 e. The van der Waals surface area contributed by atoms with E-state index in [1.165, 1.54) is 18.2 Å². The second-order valence-electron chi connectivity index (χ2n) is 5.09. The van der Waals surface area contributed by atoms with Gasteiger partial charge in [0.2, 0.25) is 5.91 Å². The Morgan fingerprint density at radius 1 is 1.25 bits per heavy atom. The van der Waals surface area contributed by atoms with E-state index in [4.69, 9.17) is 11.6 Å². The molecule has 1 aromatic carbocycles.